The number of piperazine rings is 1. The minimum absolute atomic E-state index is 0.0147. The Morgan fingerprint density at radius 1 is 0.923 bits per heavy atom. The predicted octanol–water partition coefficient (Wildman–Crippen LogP) is 3.47. The molecule has 1 aliphatic heterocycles. The molecule has 0 saturated carbocycles. The summed E-state index contributed by atoms with van der Waals surface area (Å²) in [5.41, 5.74) is -0.0147. The van der Waals surface area contributed by atoms with Crippen molar-refractivity contribution < 1.29 is 9.59 Å². The van der Waals surface area contributed by atoms with Crippen LogP contribution in [-0.2, 0) is 9.59 Å². The average Bonchev–Trinajstić information content (AvgIpc) is 2.63. The van der Waals surface area contributed by atoms with E-state index < -0.39 is 0 Å². The van der Waals surface area contributed by atoms with Gasteiger partial charge in [-0.3, -0.25) is 14.5 Å². The fourth-order valence-corrected chi connectivity index (χ4v) is 2.86. The molecule has 0 aromatic heterocycles. The Kier molecular flexibility index (Phi) is 13.6. The van der Waals surface area contributed by atoms with Crippen LogP contribution in [0.15, 0.2) is 0 Å². The summed E-state index contributed by atoms with van der Waals surface area (Å²) in [5.74, 6) is 0.599. The molecule has 5 nitrogen and oxygen atoms in total. The topological polar surface area (TPSA) is 52.7 Å². The van der Waals surface area contributed by atoms with Crippen LogP contribution in [-0.4, -0.2) is 66.3 Å². The number of ketones is 1. The zero-order chi connectivity index (χ0) is 20.0. The molecular weight excluding hydrogens is 326 g/mol. The zero-order valence-electron chi connectivity index (χ0n) is 18.2. The molecule has 5 heteroatoms. The maximum atomic E-state index is 12.2. The third-order valence-corrected chi connectivity index (χ3v) is 4.57. The summed E-state index contributed by atoms with van der Waals surface area (Å²) in [5, 5.41) is 3.27. The van der Waals surface area contributed by atoms with Crippen LogP contribution in [0.4, 0.5) is 0 Å². The van der Waals surface area contributed by atoms with E-state index in [1.165, 1.54) is 12.8 Å². The van der Waals surface area contributed by atoms with Crippen molar-refractivity contribution in [2.45, 2.75) is 85.6 Å². The second-order valence-electron chi connectivity index (χ2n) is 7.88. The molecule has 0 aliphatic carbocycles. The van der Waals surface area contributed by atoms with Gasteiger partial charge in [-0.05, 0) is 40.2 Å². The lowest BCUT2D eigenvalue weighted by atomic mass is 10.1. The summed E-state index contributed by atoms with van der Waals surface area (Å²) in [6, 6.07) is 0. The van der Waals surface area contributed by atoms with Crippen LogP contribution in [0, 0.1) is 0 Å². The normalized spacial score (nSPS) is 15.4. The van der Waals surface area contributed by atoms with Gasteiger partial charge >= 0.3 is 0 Å². The van der Waals surface area contributed by atoms with E-state index in [0.717, 1.165) is 52.0 Å². The smallest absolute Gasteiger partial charge is 0.236 e. The lowest BCUT2D eigenvalue weighted by Crippen LogP contribution is -2.52. The van der Waals surface area contributed by atoms with E-state index in [-0.39, 0.29) is 11.4 Å². The third-order valence-electron chi connectivity index (χ3n) is 4.57. The highest BCUT2D eigenvalue weighted by atomic mass is 16.2. The first kappa shape index (κ1) is 25.1. The van der Waals surface area contributed by atoms with Crippen molar-refractivity contribution in [3.05, 3.63) is 0 Å². The molecule has 0 bridgehead atoms. The largest absolute Gasteiger partial charge is 0.339 e. The second kappa shape index (κ2) is 14.2. The van der Waals surface area contributed by atoms with Gasteiger partial charge in [-0.1, -0.05) is 33.6 Å². The molecule has 1 fully saturated rings. The van der Waals surface area contributed by atoms with Crippen LogP contribution in [0.25, 0.3) is 0 Å². The first-order valence-corrected chi connectivity index (χ1v) is 10.6. The van der Waals surface area contributed by atoms with Crippen molar-refractivity contribution in [1.82, 2.24) is 15.1 Å². The number of carbonyl (C=O) groups excluding carboxylic acids is 2. The standard InChI is InChI=1S/C19H37N3O2.C2H6/c1-5-17(23)10-8-6-7-9-11-21-12-14-22(15-13-21)18(24)16-20-19(2,3)4;1-2/h20H,5-16H2,1-4H3;1-2H3. The van der Waals surface area contributed by atoms with E-state index in [0.29, 0.717) is 18.7 Å². The van der Waals surface area contributed by atoms with E-state index in [9.17, 15) is 9.59 Å². The molecule has 0 unspecified atom stereocenters. The number of nitrogens with one attached hydrogen (secondary N) is 1. The van der Waals surface area contributed by atoms with Crippen molar-refractivity contribution in [2.75, 3.05) is 39.3 Å². The van der Waals surface area contributed by atoms with E-state index in [4.69, 9.17) is 0 Å². The van der Waals surface area contributed by atoms with Crippen molar-refractivity contribution in [1.29, 1.82) is 0 Å². The molecule has 1 saturated heterocycles. The van der Waals surface area contributed by atoms with Crippen LogP contribution in [0.3, 0.4) is 0 Å². The van der Waals surface area contributed by atoms with Gasteiger partial charge in [-0.15, -0.1) is 0 Å². The first-order chi connectivity index (χ1) is 12.3. The van der Waals surface area contributed by atoms with E-state index in [1.807, 2.05) is 25.7 Å². The Labute approximate surface area is 161 Å². The lowest BCUT2D eigenvalue weighted by Gasteiger charge is -2.35. The summed E-state index contributed by atoms with van der Waals surface area (Å²) in [7, 11) is 0. The van der Waals surface area contributed by atoms with Gasteiger partial charge in [0.2, 0.25) is 5.91 Å². The van der Waals surface area contributed by atoms with Crippen molar-refractivity contribution in [3.8, 4) is 0 Å². The quantitative estimate of drug-likeness (QED) is 0.599. The molecule has 1 amide bonds. The number of hydrogen-bond donors (Lipinski definition) is 1. The Balaban J connectivity index is 0.00000301. The van der Waals surface area contributed by atoms with Gasteiger partial charge in [0.05, 0.1) is 6.54 Å². The van der Waals surface area contributed by atoms with E-state index in [1.54, 1.807) is 0 Å². The molecular formula is C21H43N3O2. The Hall–Kier alpha value is -0.940. The van der Waals surface area contributed by atoms with Gasteiger partial charge in [-0.25, -0.2) is 0 Å². The highest BCUT2D eigenvalue weighted by molar-refractivity contribution is 5.78. The summed E-state index contributed by atoms with van der Waals surface area (Å²) in [4.78, 5) is 27.8. The highest BCUT2D eigenvalue weighted by Gasteiger charge is 2.21. The summed E-state index contributed by atoms with van der Waals surface area (Å²) >= 11 is 0. The number of hydrogen-bond acceptors (Lipinski definition) is 4. The number of unbranched alkanes of at least 4 members (excludes halogenated alkanes) is 3. The van der Waals surface area contributed by atoms with Gasteiger partial charge in [0.25, 0.3) is 0 Å². The lowest BCUT2D eigenvalue weighted by molar-refractivity contribution is -0.132. The van der Waals surface area contributed by atoms with Crippen molar-refractivity contribution in [3.63, 3.8) is 0 Å². The Morgan fingerprint density at radius 3 is 2.04 bits per heavy atom. The SMILES string of the molecule is CC.CCC(=O)CCCCCCN1CCN(C(=O)CNC(C)(C)C)CC1. The molecule has 0 radical (unpaired) electrons. The summed E-state index contributed by atoms with van der Waals surface area (Å²) < 4.78 is 0. The van der Waals surface area contributed by atoms with Crippen molar-refractivity contribution >= 4 is 11.7 Å². The zero-order valence-corrected chi connectivity index (χ0v) is 18.2. The predicted molar refractivity (Wildman–Crippen MR) is 111 cm³/mol. The van der Waals surface area contributed by atoms with Gasteiger partial charge < -0.3 is 10.2 Å². The van der Waals surface area contributed by atoms with Crippen LogP contribution in [0.1, 0.15) is 80.1 Å². The fourth-order valence-electron chi connectivity index (χ4n) is 2.86. The highest BCUT2D eigenvalue weighted by Crippen LogP contribution is 2.08. The molecule has 0 aromatic rings. The maximum Gasteiger partial charge on any atom is 0.236 e. The first-order valence-electron chi connectivity index (χ1n) is 10.6. The molecule has 26 heavy (non-hydrogen) atoms. The van der Waals surface area contributed by atoms with E-state index >= 15 is 0 Å². The second-order valence-corrected chi connectivity index (χ2v) is 7.88. The Bertz CT molecular complexity index is 383. The molecule has 1 N–H and O–H groups in total. The molecule has 0 atom stereocenters. The molecule has 0 aromatic carbocycles. The van der Waals surface area contributed by atoms with Crippen molar-refractivity contribution in [2.24, 2.45) is 0 Å². The van der Waals surface area contributed by atoms with Gasteiger partial charge in [0, 0.05) is 44.6 Å². The maximum absolute atomic E-state index is 12.2. The molecule has 0 spiro atoms. The van der Waals surface area contributed by atoms with Crippen LogP contribution >= 0.6 is 0 Å². The summed E-state index contributed by atoms with van der Waals surface area (Å²) in [6.07, 6.45) is 6.01. The third kappa shape index (κ3) is 12.4. The Morgan fingerprint density at radius 2 is 1.50 bits per heavy atom. The number of nitrogens with zero attached hydrogens (tertiary/aromatic N) is 2. The molecule has 154 valence electrons. The average molecular weight is 370 g/mol. The van der Waals surface area contributed by atoms with E-state index in [2.05, 4.69) is 31.0 Å². The molecule has 1 aliphatic rings. The number of Topliss-reactive ketones (excluding diaryl/α,β-unsaturated/α-hetero) is 1. The van der Waals surface area contributed by atoms with Crippen LogP contribution in [0.2, 0.25) is 0 Å². The molecule has 1 heterocycles. The summed E-state index contributed by atoms with van der Waals surface area (Å²) in [6.45, 7) is 17.4. The van der Waals surface area contributed by atoms with Gasteiger partial charge in [0.15, 0.2) is 0 Å². The minimum atomic E-state index is -0.0147. The van der Waals surface area contributed by atoms with Gasteiger partial charge in [0.1, 0.15) is 5.78 Å². The van der Waals surface area contributed by atoms with Gasteiger partial charge in [-0.2, -0.15) is 0 Å². The van der Waals surface area contributed by atoms with Crippen LogP contribution in [0.5, 0.6) is 0 Å². The number of rotatable bonds is 10. The number of amides is 1. The van der Waals surface area contributed by atoms with Crippen LogP contribution < -0.4 is 5.32 Å². The fraction of sp³-hybridized carbons (Fsp3) is 0.905. The number of carbonyl (C=O) groups is 2. The molecule has 1 rings (SSSR count). The monoisotopic (exact) mass is 369 g/mol. The minimum Gasteiger partial charge on any atom is -0.339 e.